The second-order valence-electron chi connectivity index (χ2n) is 9.18. The van der Waals surface area contributed by atoms with Crippen LogP contribution in [0, 0.1) is 0 Å². The fourth-order valence-corrected chi connectivity index (χ4v) is 4.67. The van der Waals surface area contributed by atoms with Crippen LogP contribution in [-0.4, -0.2) is 56.1 Å². The Bertz CT molecular complexity index is 1300. The van der Waals surface area contributed by atoms with E-state index in [4.69, 9.17) is 16.3 Å². The van der Waals surface area contributed by atoms with Crippen molar-refractivity contribution in [1.82, 2.24) is 20.9 Å². The smallest absolute Gasteiger partial charge is 0.417 e. The number of rotatable bonds is 8. The maximum absolute atomic E-state index is 13.1. The van der Waals surface area contributed by atoms with Crippen molar-refractivity contribution < 1.29 is 27.5 Å². The number of carbonyl (C=O) groups is 2. The van der Waals surface area contributed by atoms with Crippen molar-refractivity contribution in [2.45, 2.75) is 31.2 Å². The van der Waals surface area contributed by atoms with Crippen LogP contribution in [0.15, 0.2) is 66.1 Å². The number of benzene rings is 2. The molecule has 12 heteroatoms. The second-order valence-corrected chi connectivity index (χ2v) is 9.59. The van der Waals surface area contributed by atoms with Gasteiger partial charge in [-0.2, -0.15) is 13.2 Å². The van der Waals surface area contributed by atoms with Gasteiger partial charge in [0.2, 0.25) is 11.8 Å². The SMILES string of the molecule is CNC(=O)C1CNC(C2=CC(Oc3cccc(CCC(=O)Nc4ccc(Cl)c(C(F)(F)F)c4)c3)=CCN2)N1C. The summed E-state index contributed by atoms with van der Waals surface area (Å²) < 4.78 is 45.3. The lowest BCUT2D eigenvalue weighted by Crippen LogP contribution is -2.46. The Morgan fingerprint density at radius 1 is 1.21 bits per heavy atom. The molecule has 1 saturated heterocycles. The fraction of sp³-hybridized carbons (Fsp3) is 0.333. The highest BCUT2D eigenvalue weighted by Crippen LogP contribution is 2.36. The first kappa shape index (κ1) is 28.5. The van der Waals surface area contributed by atoms with E-state index in [1.54, 1.807) is 13.1 Å². The molecule has 4 N–H and O–H groups in total. The average molecular weight is 564 g/mol. The quantitative estimate of drug-likeness (QED) is 0.392. The molecule has 208 valence electrons. The summed E-state index contributed by atoms with van der Waals surface area (Å²) in [5.74, 6) is 0.745. The van der Waals surface area contributed by atoms with E-state index in [0.717, 1.165) is 23.4 Å². The maximum atomic E-state index is 13.1. The molecule has 2 aromatic carbocycles. The predicted molar refractivity (Wildman–Crippen MR) is 142 cm³/mol. The number of carbonyl (C=O) groups excluding carboxylic acids is 2. The first-order valence-electron chi connectivity index (χ1n) is 12.3. The number of dihydropyridines is 1. The second kappa shape index (κ2) is 12.1. The molecule has 2 unspecified atom stereocenters. The number of hydrogen-bond acceptors (Lipinski definition) is 6. The van der Waals surface area contributed by atoms with Crippen LogP contribution in [0.4, 0.5) is 18.9 Å². The Hall–Kier alpha value is -3.54. The minimum atomic E-state index is -4.62. The minimum absolute atomic E-state index is 0.0262. The molecular weight excluding hydrogens is 535 g/mol. The summed E-state index contributed by atoms with van der Waals surface area (Å²) in [6.07, 6.45) is -0.576. The molecule has 8 nitrogen and oxygen atoms in total. The van der Waals surface area contributed by atoms with E-state index in [-0.39, 0.29) is 30.2 Å². The lowest BCUT2D eigenvalue weighted by atomic mass is 10.1. The summed E-state index contributed by atoms with van der Waals surface area (Å²) in [5, 5.41) is 11.4. The number of halogens is 4. The molecule has 39 heavy (non-hydrogen) atoms. The number of anilines is 1. The first-order chi connectivity index (χ1) is 18.5. The Balaban J connectivity index is 1.34. The van der Waals surface area contributed by atoms with Gasteiger partial charge in [-0.15, -0.1) is 0 Å². The number of allylic oxidation sites excluding steroid dienone is 1. The summed E-state index contributed by atoms with van der Waals surface area (Å²) in [6, 6.07) is 10.2. The van der Waals surface area contributed by atoms with Crippen LogP contribution in [-0.2, 0) is 22.2 Å². The van der Waals surface area contributed by atoms with Crippen molar-refractivity contribution in [2.24, 2.45) is 0 Å². The molecule has 2 aromatic rings. The van der Waals surface area contributed by atoms with Crippen LogP contribution in [0.3, 0.4) is 0 Å². The zero-order valence-corrected chi connectivity index (χ0v) is 22.1. The van der Waals surface area contributed by atoms with Gasteiger partial charge in [0.05, 0.1) is 10.6 Å². The van der Waals surface area contributed by atoms with E-state index < -0.39 is 22.7 Å². The molecule has 1 fully saturated rings. The third kappa shape index (κ3) is 7.11. The van der Waals surface area contributed by atoms with E-state index >= 15 is 0 Å². The Labute approximate surface area is 229 Å². The van der Waals surface area contributed by atoms with Crippen LogP contribution in [0.1, 0.15) is 17.5 Å². The molecule has 2 amide bonds. The van der Waals surface area contributed by atoms with Gasteiger partial charge in [0.15, 0.2) is 0 Å². The van der Waals surface area contributed by atoms with Crippen LogP contribution in [0.2, 0.25) is 5.02 Å². The summed E-state index contributed by atoms with van der Waals surface area (Å²) >= 11 is 5.64. The summed E-state index contributed by atoms with van der Waals surface area (Å²) in [7, 11) is 3.50. The number of amides is 2. The number of likely N-dealkylation sites (N-methyl/N-ethyl adjacent to an activating group) is 2. The molecule has 0 radical (unpaired) electrons. The Kier molecular flexibility index (Phi) is 8.83. The van der Waals surface area contributed by atoms with Gasteiger partial charge in [-0.25, -0.2) is 0 Å². The van der Waals surface area contributed by atoms with E-state index in [1.165, 1.54) is 6.07 Å². The van der Waals surface area contributed by atoms with E-state index in [2.05, 4.69) is 21.3 Å². The number of ether oxygens (including phenoxy) is 1. The van der Waals surface area contributed by atoms with Crippen molar-refractivity contribution in [3.63, 3.8) is 0 Å². The Morgan fingerprint density at radius 2 is 2.00 bits per heavy atom. The Morgan fingerprint density at radius 3 is 2.74 bits per heavy atom. The molecular formula is C27H29ClF3N5O3. The molecule has 0 bridgehead atoms. The minimum Gasteiger partial charge on any atom is -0.458 e. The monoisotopic (exact) mass is 563 g/mol. The fourth-order valence-electron chi connectivity index (χ4n) is 4.45. The standard InChI is InChI=1S/C27H29ClF3N5O3/c1-32-26(38)23-15-34-25(36(23)2)22-14-19(10-11-33-22)39-18-5-3-4-16(12-18)6-9-24(37)35-17-7-8-21(28)20(13-17)27(29,30)31/h3-5,7-8,10,12-14,23,25,33-34H,6,9,11,15H2,1-2H3,(H,32,38)(H,35,37). The number of nitrogens with one attached hydrogen (secondary N) is 4. The van der Waals surface area contributed by atoms with Gasteiger partial charge in [-0.3, -0.25) is 19.8 Å². The third-order valence-corrected chi connectivity index (χ3v) is 6.81. The molecule has 0 saturated carbocycles. The lowest BCUT2D eigenvalue weighted by molar-refractivity contribution is -0.137. The maximum Gasteiger partial charge on any atom is 0.417 e. The van der Waals surface area contributed by atoms with Crippen molar-refractivity contribution in [1.29, 1.82) is 0 Å². The summed E-state index contributed by atoms with van der Waals surface area (Å²) in [6.45, 7) is 1.08. The molecule has 2 aliphatic rings. The highest BCUT2D eigenvalue weighted by molar-refractivity contribution is 6.31. The number of aryl methyl sites for hydroxylation is 1. The zero-order chi connectivity index (χ0) is 28.2. The first-order valence-corrected chi connectivity index (χ1v) is 12.7. The van der Waals surface area contributed by atoms with Crippen molar-refractivity contribution in [2.75, 3.05) is 32.5 Å². The average Bonchev–Trinajstić information content (AvgIpc) is 3.29. The van der Waals surface area contributed by atoms with Crippen molar-refractivity contribution >= 4 is 29.1 Å². The largest absolute Gasteiger partial charge is 0.458 e. The third-order valence-electron chi connectivity index (χ3n) is 6.48. The number of nitrogens with zero attached hydrogens (tertiary/aromatic N) is 1. The molecule has 0 spiro atoms. The zero-order valence-electron chi connectivity index (χ0n) is 21.4. The van der Waals surface area contributed by atoms with Gasteiger partial charge < -0.3 is 20.7 Å². The van der Waals surface area contributed by atoms with Gasteiger partial charge in [0.25, 0.3) is 0 Å². The normalized spacial score (nSPS) is 19.5. The molecule has 2 heterocycles. The highest BCUT2D eigenvalue weighted by atomic mass is 35.5. The van der Waals surface area contributed by atoms with Crippen LogP contribution < -0.4 is 26.0 Å². The van der Waals surface area contributed by atoms with Crippen molar-refractivity contribution in [3.05, 3.63) is 82.2 Å². The number of alkyl halides is 3. The molecule has 0 aliphatic carbocycles. The lowest BCUT2D eigenvalue weighted by Gasteiger charge is -2.28. The van der Waals surface area contributed by atoms with E-state index in [9.17, 15) is 22.8 Å². The summed E-state index contributed by atoms with van der Waals surface area (Å²) in [4.78, 5) is 26.4. The van der Waals surface area contributed by atoms with Gasteiger partial charge in [-0.1, -0.05) is 23.7 Å². The van der Waals surface area contributed by atoms with Gasteiger partial charge in [-0.05, 0) is 55.4 Å². The van der Waals surface area contributed by atoms with Gasteiger partial charge in [0, 0.05) is 44.0 Å². The van der Waals surface area contributed by atoms with Crippen LogP contribution in [0.5, 0.6) is 5.75 Å². The highest BCUT2D eigenvalue weighted by Gasteiger charge is 2.37. The predicted octanol–water partition coefficient (Wildman–Crippen LogP) is 3.66. The van der Waals surface area contributed by atoms with Gasteiger partial charge in [0.1, 0.15) is 23.7 Å². The van der Waals surface area contributed by atoms with Gasteiger partial charge >= 0.3 is 6.18 Å². The topological polar surface area (TPSA) is 94.7 Å². The van der Waals surface area contributed by atoms with E-state index in [0.29, 0.717) is 31.0 Å². The van der Waals surface area contributed by atoms with Crippen molar-refractivity contribution in [3.8, 4) is 5.75 Å². The molecule has 2 atom stereocenters. The summed E-state index contributed by atoms with van der Waals surface area (Å²) in [5.41, 5.74) is 0.736. The molecule has 2 aliphatic heterocycles. The van der Waals surface area contributed by atoms with E-state index in [1.807, 2.05) is 42.3 Å². The van der Waals surface area contributed by atoms with Crippen LogP contribution >= 0.6 is 11.6 Å². The molecule has 0 aromatic heterocycles. The number of hydrogen-bond donors (Lipinski definition) is 4. The molecule has 4 rings (SSSR count). The van der Waals surface area contributed by atoms with Crippen LogP contribution in [0.25, 0.3) is 0 Å².